The second kappa shape index (κ2) is 11.4. The van der Waals surface area contributed by atoms with Crippen molar-refractivity contribution in [3.63, 3.8) is 0 Å². The number of hydrogen-bond donors (Lipinski definition) is 1. The van der Waals surface area contributed by atoms with E-state index in [1.54, 1.807) is 0 Å². The lowest BCUT2D eigenvalue weighted by Crippen LogP contribution is -2.49. The summed E-state index contributed by atoms with van der Waals surface area (Å²) < 4.78 is 28.1. The van der Waals surface area contributed by atoms with Gasteiger partial charge in [-0.05, 0) is 32.4 Å². The fourth-order valence-corrected chi connectivity index (χ4v) is 5.70. The van der Waals surface area contributed by atoms with Crippen molar-refractivity contribution < 1.29 is 13.2 Å². The molecule has 0 radical (unpaired) electrons. The van der Waals surface area contributed by atoms with Gasteiger partial charge in [0.2, 0.25) is 5.91 Å². The summed E-state index contributed by atoms with van der Waals surface area (Å²) in [5.74, 6) is 0.00643. The first-order valence-electron chi connectivity index (χ1n) is 10.9. The van der Waals surface area contributed by atoms with Gasteiger partial charge >= 0.3 is 0 Å². The monoisotopic (exact) mass is 417 g/mol. The lowest BCUT2D eigenvalue weighted by molar-refractivity contribution is -0.126. The molecule has 0 aromatic rings. The van der Waals surface area contributed by atoms with Crippen molar-refractivity contribution in [1.29, 1.82) is 0 Å². The number of rotatable bonds is 10. The quantitative estimate of drug-likeness (QED) is 0.522. The summed E-state index contributed by atoms with van der Waals surface area (Å²) in [5, 5.41) is 3.06. The maximum atomic E-state index is 12.6. The van der Waals surface area contributed by atoms with Gasteiger partial charge in [0.25, 0.3) is 10.2 Å². The Morgan fingerprint density at radius 1 is 0.964 bits per heavy atom. The fourth-order valence-electron chi connectivity index (χ4n) is 4.05. The summed E-state index contributed by atoms with van der Waals surface area (Å²) in [7, 11) is -3.39. The Bertz CT molecular complexity index is 566. The Balaban J connectivity index is 1.64. The normalized spacial score (nSPS) is 21.3. The second-order valence-electron chi connectivity index (χ2n) is 7.69. The van der Waals surface area contributed by atoms with Crippen molar-refractivity contribution in [3.05, 3.63) is 0 Å². The summed E-state index contributed by atoms with van der Waals surface area (Å²) in [4.78, 5) is 17.4. The highest BCUT2D eigenvalue weighted by Crippen LogP contribution is 2.21. The number of nitrogens with zero attached hydrogens (tertiary/aromatic N) is 4. The number of carbonyl (C=O) groups is 1. The number of piperazine rings is 1. The zero-order valence-electron chi connectivity index (χ0n) is 17.9. The zero-order chi connectivity index (χ0) is 20.6. The molecule has 0 spiro atoms. The van der Waals surface area contributed by atoms with Gasteiger partial charge < -0.3 is 15.1 Å². The van der Waals surface area contributed by atoms with E-state index in [0.717, 1.165) is 45.7 Å². The highest BCUT2D eigenvalue weighted by atomic mass is 32.2. The van der Waals surface area contributed by atoms with Crippen LogP contribution in [0.25, 0.3) is 0 Å². The minimum Gasteiger partial charge on any atom is -0.356 e. The topological polar surface area (TPSA) is 76.2 Å². The minimum atomic E-state index is -3.39. The van der Waals surface area contributed by atoms with Crippen molar-refractivity contribution in [3.8, 4) is 0 Å². The highest BCUT2D eigenvalue weighted by molar-refractivity contribution is 7.86. The zero-order valence-corrected chi connectivity index (χ0v) is 18.7. The van der Waals surface area contributed by atoms with Crippen molar-refractivity contribution >= 4 is 16.1 Å². The Kier molecular flexibility index (Phi) is 9.62. The van der Waals surface area contributed by atoms with E-state index in [0.29, 0.717) is 45.6 Å². The molecule has 2 rings (SSSR count). The molecule has 0 aliphatic carbocycles. The predicted molar refractivity (Wildman–Crippen MR) is 112 cm³/mol. The van der Waals surface area contributed by atoms with Crippen LogP contribution >= 0.6 is 0 Å². The first kappa shape index (κ1) is 23.5. The molecule has 164 valence electrons. The maximum absolute atomic E-state index is 12.6. The molecular formula is C19H39N5O3S. The second-order valence-corrected chi connectivity index (χ2v) is 9.61. The Morgan fingerprint density at radius 2 is 1.54 bits per heavy atom. The molecule has 0 saturated carbocycles. The Hall–Kier alpha value is -0.740. The highest BCUT2D eigenvalue weighted by Gasteiger charge is 2.33. The first-order valence-corrected chi connectivity index (χ1v) is 12.3. The van der Waals surface area contributed by atoms with Crippen molar-refractivity contribution in [1.82, 2.24) is 23.7 Å². The van der Waals surface area contributed by atoms with Gasteiger partial charge in [-0.2, -0.15) is 17.0 Å². The van der Waals surface area contributed by atoms with Crippen LogP contribution in [0.4, 0.5) is 0 Å². The van der Waals surface area contributed by atoms with Gasteiger partial charge in [0.1, 0.15) is 0 Å². The van der Waals surface area contributed by atoms with Crippen molar-refractivity contribution in [2.24, 2.45) is 5.92 Å². The third-order valence-corrected chi connectivity index (χ3v) is 8.23. The molecule has 2 fully saturated rings. The summed E-state index contributed by atoms with van der Waals surface area (Å²) in [5.41, 5.74) is 0. The van der Waals surface area contributed by atoms with Gasteiger partial charge in [0, 0.05) is 64.8 Å². The molecule has 0 bridgehead atoms. The number of likely N-dealkylation sites (N-methyl/N-ethyl adjacent to an activating group) is 1. The van der Waals surface area contributed by atoms with Crippen LogP contribution in [0.15, 0.2) is 0 Å². The molecule has 1 amide bonds. The number of piperidine rings is 1. The molecule has 0 unspecified atom stereocenters. The molecule has 2 saturated heterocycles. The molecule has 0 aromatic carbocycles. The SMILES string of the molecule is CCN1CCN(CCCNC(=O)C2CCN(S(=O)(=O)N(CC)CC)CC2)CC1. The van der Waals surface area contributed by atoms with Gasteiger partial charge in [0.05, 0.1) is 0 Å². The number of amides is 1. The third-order valence-electron chi connectivity index (χ3n) is 6.05. The number of carbonyl (C=O) groups excluding carboxylic acids is 1. The van der Waals surface area contributed by atoms with E-state index in [9.17, 15) is 13.2 Å². The fraction of sp³-hybridized carbons (Fsp3) is 0.947. The first-order chi connectivity index (χ1) is 13.4. The van der Waals surface area contributed by atoms with Gasteiger partial charge in [-0.1, -0.05) is 20.8 Å². The maximum Gasteiger partial charge on any atom is 0.281 e. The molecule has 0 aromatic heterocycles. The van der Waals surface area contributed by atoms with E-state index < -0.39 is 10.2 Å². The molecular weight excluding hydrogens is 378 g/mol. The van der Waals surface area contributed by atoms with E-state index in [2.05, 4.69) is 22.0 Å². The van der Waals surface area contributed by atoms with E-state index in [4.69, 9.17) is 0 Å². The molecule has 2 aliphatic rings. The standard InChI is InChI=1S/C19H39N5O3S/c1-4-21-14-16-22(17-15-21)11-7-10-20-19(25)18-8-12-24(13-9-18)28(26,27)23(5-2)6-3/h18H,4-17H2,1-3H3,(H,20,25). The molecule has 2 heterocycles. The average molecular weight is 418 g/mol. The van der Waals surface area contributed by atoms with Crippen LogP contribution in [0, 0.1) is 5.92 Å². The van der Waals surface area contributed by atoms with E-state index in [-0.39, 0.29) is 11.8 Å². The lowest BCUT2D eigenvalue weighted by atomic mass is 9.97. The Labute approximate surface area is 171 Å². The average Bonchev–Trinajstić information content (AvgIpc) is 2.72. The smallest absolute Gasteiger partial charge is 0.281 e. The summed E-state index contributed by atoms with van der Waals surface area (Å²) in [6.45, 7) is 15.1. The molecule has 2 aliphatic heterocycles. The van der Waals surface area contributed by atoms with Crippen LogP contribution in [-0.4, -0.2) is 105 Å². The van der Waals surface area contributed by atoms with Gasteiger partial charge in [0.15, 0.2) is 0 Å². The van der Waals surface area contributed by atoms with E-state index in [1.807, 2.05) is 13.8 Å². The van der Waals surface area contributed by atoms with Crippen LogP contribution in [0.2, 0.25) is 0 Å². The molecule has 0 atom stereocenters. The van der Waals surface area contributed by atoms with Crippen LogP contribution in [0.1, 0.15) is 40.0 Å². The number of nitrogens with one attached hydrogen (secondary N) is 1. The third kappa shape index (κ3) is 6.38. The van der Waals surface area contributed by atoms with Gasteiger partial charge in [-0.3, -0.25) is 4.79 Å². The summed E-state index contributed by atoms with van der Waals surface area (Å²) in [6.07, 6.45) is 2.17. The predicted octanol–water partition coefficient (Wildman–Crippen LogP) is 0.429. The van der Waals surface area contributed by atoms with Crippen LogP contribution in [0.5, 0.6) is 0 Å². The van der Waals surface area contributed by atoms with Crippen LogP contribution in [0.3, 0.4) is 0 Å². The van der Waals surface area contributed by atoms with E-state index >= 15 is 0 Å². The summed E-state index contributed by atoms with van der Waals surface area (Å²) in [6, 6.07) is 0. The minimum absolute atomic E-state index is 0.0729. The Morgan fingerprint density at radius 3 is 2.07 bits per heavy atom. The number of hydrogen-bond acceptors (Lipinski definition) is 5. The van der Waals surface area contributed by atoms with Crippen molar-refractivity contribution in [2.45, 2.75) is 40.0 Å². The van der Waals surface area contributed by atoms with Crippen LogP contribution in [-0.2, 0) is 15.0 Å². The molecule has 8 nitrogen and oxygen atoms in total. The summed E-state index contributed by atoms with van der Waals surface area (Å²) >= 11 is 0. The largest absolute Gasteiger partial charge is 0.356 e. The van der Waals surface area contributed by atoms with Gasteiger partial charge in [-0.15, -0.1) is 0 Å². The van der Waals surface area contributed by atoms with E-state index in [1.165, 1.54) is 8.61 Å². The van der Waals surface area contributed by atoms with Gasteiger partial charge in [-0.25, -0.2) is 0 Å². The lowest BCUT2D eigenvalue weighted by Gasteiger charge is -2.34. The molecule has 9 heteroatoms. The van der Waals surface area contributed by atoms with Crippen molar-refractivity contribution in [2.75, 3.05) is 72.0 Å². The molecule has 1 N–H and O–H groups in total. The van der Waals surface area contributed by atoms with Crippen LogP contribution < -0.4 is 5.32 Å². The molecule has 28 heavy (non-hydrogen) atoms.